The molecular formula is C14H23ClN2. The Labute approximate surface area is 110 Å². The predicted octanol–water partition coefficient (Wildman–Crippen LogP) is 3.54. The number of nitrogens with one attached hydrogen (secondary N) is 1. The number of hydrogen-bond donors (Lipinski definition) is 1. The third kappa shape index (κ3) is 3.62. The van der Waals surface area contributed by atoms with Crippen molar-refractivity contribution in [3.8, 4) is 0 Å². The Morgan fingerprint density at radius 3 is 2.41 bits per heavy atom. The standard InChI is InChI=1S/C14H23ClN2/c1-10(2)11(3)17(5)13-7-6-12(9-16-4)14(15)8-13/h6-8,10-11,16H,9H2,1-5H3. The summed E-state index contributed by atoms with van der Waals surface area (Å²) in [5, 5.41) is 3.95. The maximum absolute atomic E-state index is 6.27. The van der Waals surface area contributed by atoms with Crippen molar-refractivity contribution in [1.29, 1.82) is 0 Å². The molecular weight excluding hydrogens is 232 g/mol. The zero-order valence-corrected chi connectivity index (χ0v) is 12.2. The third-order valence-corrected chi connectivity index (χ3v) is 3.74. The van der Waals surface area contributed by atoms with E-state index in [1.54, 1.807) is 0 Å². The van der Waals surface area contributed by atoms with Crippen molar-refractivity contribution in [3.05, 3.63) is 28.8 Å². The maximum Gasteiger partial charge on any atom is 0.0471 e. The molecule has 1 atom stereocenters. The van der Waals surface area contributed by atoms with E-state index in [9.17, 15) is 0 Å². The number of rotatable bonds is 5. The van der Waals surface area contributed by atoms with Gasteiger partial charge in [-0.2, -0.15) is 0 Å². The molecule has 0 radical (unpaired) electrons. The fraction of sp³-hybridized carbons (Fsp3) is 0.571. The first-order valence-corrected chi connectivity index (χ1v) is 6.51. The van der Waals surface area contributed by atoms with Crippen molar-refractivity contribution in [2.24, 2.45) is 5.92 Å². The maximum atomic E-state index is 6.27. The molecule has 1 unspecified atom stereocenters. The number of anilines is 1. The van der Waals surface area contributed by atoms with Crippen LogP contribution < -0.4 is 10.2 Å². The highest BCUT2D eigenvalue weighted by Gasteiger charge is 2.14. The first kappa shape index (κ1) is 14.3. The molecule has 0 aliphatic rings. The molecule has 3 heteroatoms. The molecule has 0 heterocycles. The van der Waals surface area contributed by atoms with E-state index in [1.165, 1.54) is 5.69 Å². The van der Waals surface area contributed by atoms with E-state index in [0.29, 0.717) is 12.0 Å². The number of halogens is 1. The van der Waals surface area contributed by atoms with Gasteiger partial charge in [0.1, 0.15) is 0 Å². The summed E-state index contributed by atoms with van der Waals surface area (Å²) in [6.45, 7) is 7.51. The van der Waals surface area contributed by atoms with Gasteiger partial charge in [0.2, 0.25) is 0 Å². The monoisotopic (exact) mass is 254 g/mol. The van der Waals surface area contributed by atoms with Gasteiger partial charge in [-0.3, -0.25) is 0 Å². The van der Waals surface area contributed by atoms with Crippen LogP contribution in [0.3, 0.4) is 0 Å². The third-order valence-electron chi connectivity index (χ3n) is 3.39. The molecule has 0 spiro atoms. The minimum absolute atomic E-state index is 0.501. The highest BCUT2D eigenvalue weighted by atomic mass is 35.5. The Balaban J connectivity index is 2.89. The van der Waals surface area contributed by atoms with Crippen LogP contribution in [0.1, 0.15) is 26.3 Å². The zero-order chi connectivity index (χ0) is 13.0. The zero-order valence-electron chi connectivity index (χ0n) is 11.4. The fourth-order valence-corrected chi connectivity index (χ4v) is 2.01. The second-order valence-electron chi connectivity index (χ2n) is 4.90. The summed E-state index contributed by atoms with van der Waals surface area (Å²) >= 11 is 6.27. The van der Waals surface area contributed by atoms with Crippen LogP contribution in [0.25, 0.3) is 0 Å². The van der Waals surface area contributed by atoms with Crippen molar-refractivity contribution >= 4 is 17.3 Å². The van der Waals surface area contributed by atoms with Gasteiger partial charge in [-0.05, 0) is 37.6 Å². The van der Waals surface area contributed by atoms with Gasteiger partial charge in [-0.25, -0.2) is 0 Å². The van der Waals surface area contributed by atoms with Crippen molar-refractivity contribution in [1.82, 2.24) is 5.32 Å². The van der Waals surface area contributed by atoms with E-state index in [-0.39, 0.29) is 0 Å². The summed E-state index contributed by atoms with van der Waals surface area (Å²) < 4.78 is 0. The fourth-order valence-electron chi connectivity index (χ4n) is 1.77. The van der Waals surface area contributed by atoms with E-state index in [1.807, 2.05) is 13.1 Å². The Morgan fingerprint density at radius 1 is 1.29 bits per heavy atom. The lowest BCUT2D eigenvalue weighted by molar-refractivity contribution is 0.505. The lowest BCUT2D eigenvalue weighted by atomic mass is 10.0. The van der Waals surface area contributed by atoms with E-state index in [4.69, 9.17) is 11.6 Å². The summed E-state index contributed by atoms with van der Waals surface area (Å²) in [6.07, 6.45) is 0. The second kappa shape index (κ2) is 6.27. The SMILES string of the molecule is CNCc1ccc(N(C)C(C)C(C)C)cc1Cl. The van der Waals surface area contributed by atoms with E-state index in [2.05, 4.69) is 50.2 Å². The quantitative estimate of drug-likeness (QED) is 0.865. The van der Waals surface area contributed by atoms with Crippen LogP contribution in [0.2, 0.25) is 5.02 Å². The Hall–Kier alpha value is -0.730. The number of hydrogen-bond acceptors (Lipinski definition) is 2. The van der Waals surface area contributed by atoms with Crippen LogP contribution in [0, 0.1) is 5.92 Å². The molecule has 0 amide bonds. The number of benzene rings is 1. The lowest BCUT2D eigenvalue weighted by Crippen LogP contribution is -2.33. The van der Waals surface area contributed by atoms with Crippen LogP contribution in [-0.2, 0) is 6.54 Å². The van der Waals surface area contributed by atoms with Gasteiger partial charge in [-0.1, -0.05) is 31.5 Å². The lowest BCUT2D eigenvalue weighted by Gasteiger charge is -2.30. The smallest absolute Gasteiger partial charge is 0.0471 e. The van der Waals surface area contributed by atoms with Crippen molar-refractivity contribution in [2.75, 3.05) is 19.0 Å². The average Bonchev–Trinajstić information content (AvgIpc) is 2.30. The van der Waals surface area contributed by atoms with Crippen molar-refractivity contribution < 1.29 is 0 Å². The summed E-state index contributed by atoms with van der Waals surface area (Å²) in [6, 6.07) is 6.78. The molecule has 1 aromatic rings. The minimum atomic E-state index is 0.501. The first-order chi connectivity index (χ1) is 7.97. The van der Waals surface area contributed by atoms with Gasteiger partial charge in [-0.15, -0.1) is 0 Å². The van der Waals surface area contributed by atoms with E-state index >= 15 is 0 Å². The molecule has 1 aromatic carbocycles. The highest BCUT2D eigenvalue weighted by Crippen LogP contribution is 2.25. The molecule has 1 rings (SSSR count). The molecule has 1 N–H and O–H groups in total. The summed E-state index contributed by atoms with van der Waals surface area (Å²) in [7, 11) is 4.05. The van der Waals surface area contributed by atoms with Gasteiger partial charge in [0, 0.05) is 30.3 Å². The molecule has 96 valence electrons. The molecule has 0 saturated heterocycles. The molecule has 0 fully saturated rings. The molecule has 17 heavy (non-hydrogen) atoms. The molecule has 2 nitrogen and oxygen atoms in total. The topological polar surface area (TPSA) is 15.3 Å². The summed E-state index contributed by atoms with van der Waals surface area (Å²) in [4.78, 5) is 2.28. The van der Waals surface area contributed by atoms with Crippen molar-refractivity contribution in [3.63, 3.8) is 0 Å². The van der Waals surface area contributed by atoms with Crippen LogP contribution in [0.15, 0.2) is 18.2 Å². The largest absolute Gasteiger partial charge is 0.372 e. The van der Waals surface area contributed by atoms with Gasteiger partial charge in [0.05, 0.1) is 0 Å². The normalized spacial score (nSPS) is 12.9. The minimum Gasteiger partial charge on any atom is -0.372 e. The van der Waals surface area contributed by atoms with E-state index in [0.717, 1.165) is 17.1 Å². The molecule has 0 saturated carbocycles. The Kier molecular flexibility index (Phi) is 5.29. The van der Waals surface area contributed by atoms with Crippen molar-refractivity contribution in [2.45, 2.75) is 33.4 Å². The highest BCUT2D eigenvalue weighted by molar-refractivity contribution is 6.31. The van der Waals surface area contributed by atoms with E-state index < -0.39 is 0 Å². The van der Waals surface area contributed by atoms with Gasteiger partial charge >= 0.3 is 0 Å². The predicted molar refractivity (Wildman–Crippen MR) is 76.9 cm³/mol. The molecule has 0 aromatic heterocycles. The first-order valence-electron chi connectivity index (χ1n) is 6.13. The summed E-state index contributed by atoms with van der Waals surface area (Å²) in [5.41, 5.74) is 2.32. The van der Waals surface area contributed by atoms with Crippen LogP contribution in [-0.4, -0.2) is 20.1 Å². The van der Waals surface area contributed by atoms with Gasteiger partial charge < -0.3 is 10.2 Å². The van der Waals surface area contributed by atoms with Gasteiger partial charge in [0.15, 0.2) is 0 Å². The molecule has 0 aliphatic carbocycles. The van der Waals surface area contributed by atoms with Crippen LogP contribution in [0.5, 0.6) is 0 Å². The van der Waals surface area contributed by atoms with Gasteiger partial charge in [0.25, 0.3) is 0 Å². The van der Waals surface area contributed by atoms with Crippen LogP contribution >= 0.6 is 11.6 Å². The molecule has 0 aliphatic heterocycles. The Bertz CT molecular complexity index is 363. The second-order valence-corrected chi connectivity index (χ2v) is 5.31. The average molecular weight is 255 g/mol. The van der Waals surface area contributed by atoms with Crippen LogP contribution in [0.4, 0.5) is 5.69 Å². The Morgan fingerprint density at radius 2 is 1.94 bits per heavy atom. The molecule has 0 bridgehead atoms. The summed E-state index contributed by atoms with van der Waals surface area (Å²) in [5.74, 6) is 0.621. The number of nitrogens with zero attached hydrogens (tertiary/aromatic N) is 1.